The van der Waals surface area contributed by atoms with Crippen LogP contribution in [0.25, 0.3) is 22.6 Å². The van der Waals surface area contributed by atoms with E-state index in [4.69, 9.17) is 18.5 Å². The fourth-order valence-electron chi connectivity index (χ4n) is 3.63. The first kappa shape index (κ1) is 20.7. The maximum atomic E-state index is 11.7. The van der Waals surface area contributed by atoms with Crippen molar-refractivity contribution in [3.05, 3.63) is 76.5 Å². The summed E-state index contributed by atoms with van der Waals surface area (Å²) in [6.07, 6.45) is 0. The molecule has 0 unspecified atom stereocenters. The standard InChI is InChI=1S/C25H24BNO5/c1-24(2)25(3,4)32-26(31-24)17-10-8-16(9-11-17)15-29-21-7-5-6-20-23(21)30-22-14-18(28)12-13-19(22)27-20/h5-14H,15H2,1-4H3. The molecule has 0 saturated carbocycles. The van der Waals surface area contributed by atoms with Gasteiger partial charge in [0.15, 0.2) is 22.5 Å². The Hall–Kier alpha value is -3.16. The average molecular weight is 429 g/mol. The summed E-state index contributed by atoms with van der Waals surface area (Å²) in [4.78, 5) is 16.2. The van der Waals surface area contributed by atoms with Crippen molar-refractivity contribution in [1.29, 1.82) is 0 Å². The molecule has 2 aliphatic heterocycles. The molecule has 3 aliphatic rings. The largest absolute Gasteiger partial charge is 0.494 e. The van der Waals surface area contributed by atoms with Crippen LogP contribution in [-0.4, -0.2) is 23.3 Å². The molecule has 1 saturated heterocycles. The van der Waals surface area contributed by atoms with Crippen molar-refractivity contribution in [2.45, 2.75) is 45.5 Å². The number of rotatable bonds is 4. The van der Waals surface area contributed by atoms with Crippen LogP contribution in [0.4, 0.5) is 0 Å². The summed E-state index contributed by atoms with van der Waals surface area (Å²) in [5, 5.41) is 0. The first-order chi connectivity index (χ1) is 15.2. The molecule has 2 heterocycles. The third-order valence-corrected chi connectivity index (χ3v) is 6.24. The van der Waals surface area contributed by atoms with Crippen molar-refractivity contribution in [3.8, 4) is 17.2 Å². The Kier molecular flexibility index (Phi) is 4.84. The Bertz CT molecular complexity index is 1300. The smallest absolute Gasteiger partial charge is 0.485 e. The minimum absolute atomic E-state index is 0.122. The van der Waals surface area contributed by atoms with Gasteiger partial charge in [0.2, 0.25) is 0 Å². The maximum absolute atomic E-state index is 11.7. The van der Waals surface area contributed by atoms with Crippen molar-refractivity contribution in [2.24, 2.45) is 0 Å². The van der Waals surface area contributed by atoms with E-state index in [2.05, 4.69) is 4.98 Å². The van der Waals surface area contributed by atoms with Crippen LogP contribution in [0.3, 0.4) is 0 Å². The van der Waals surface area contributed by atoms with E-state index in [0.29, 0.717) is 34.9 Å². The summed E-state index contributed by atoms with van der Waals surface area (Å²) >= 11 is 0. The molecule has 1 aliphatic carbocycles. The van der Waals surface area contributed by atoms with E-state index in [-0.39, 0.29) is 16.6 Å². The second kappa shape index (κ2) is 7.47. The van der Waals surface area contributed by atoms with Gasteiger partial charge in [0, 0.05) is 6.07 Å². The number of benzene rings is 3. The van der Waals surface area contributed by atoms with Gasteiger partial charge < -0.3 is 18.5 Å². The van der Waals surface area contributed by atoms with E-state index in [1.165, 1.54) is 12.1 Å². The summed E-state index contributed by atoms with van der Waals surface area (Å²) in [7, 11) is -0.392. The molecule has 0 N–H and O–H groups in total. The lowest BCUT2D eigenvalue weighted by atomic mass is 9.79. The molecule has 7 heteroatoms. The Morgan fingerprint density at radius 2 is 1.66 bits per heavy atom. The zero-order chi connectivity index (χ0) is 22.5. The Balaban J connectivity index is 1.35. The van der Waals surface area contributed by atoms with Gasteiger partial charge in [0.05, 0.1) is 11.2 Å². The van der Waals surface area contributed by atoms with Crippen LogP contribution < -0.4 is 15.6 Å². The van der Waals surface area contributed by atoms with Crippen molar-refractivity contribution < 1.29 is 18.5 Å². The van der Waals surface area contributed by atoms with Crippen molar-refractivity contribution >= 4 is 23.7 Å². The lowest BCUT2D eigenvalue weighted by molar-refractivity contribution is 0.00578. The van der Waals surface area contributed by atoms with Crippen LogP contribution in [0.1, 0.15) is 33.3 Å². The molecule has 6 nitrogen and oxygen atoms in total. The van der Waals surface area contributed by atoms with E-state index in [1.54, 1.807) is 6.07 Å². The first-order valence-electron chi connectivity index (χ1n) is 10.6. The third kappa shape index (κ3) is 3.68. The van der Waals surface area contributed by atoms with Crippen molar-refractivity contribution in [3.63, 3.8) is 0 Å². The second-order valence-electron chi connectivity index (χ2n) is 9.07. The van der Waals surface area contributed by atoms with Crippen LogP contribution in [0.15, 0.2) is 69.9 Å². The molecule has 0 spiro atoms. The fourth-order valence-corrected chi connectivity index (χ4v) is 3.63. The second-order valence-corrected chi connectivity index (χ2v) is 9.07. The number of hydrogen-bond donors (Lipinski definition) is 0. The van der Waals surface area contributed by atoms with Crippen LogP contribution in [0, 0.1) is 0 Å². The topological polar surface area (TPSA) is 70.8 Å². The van der Waals surface area contributed by atoms with Crippen molar-refractivity contribution in [1.82, 2.24) is 4.98 Å². The lowest BCUT2D eigenvalue weighted by Gasteiger charge is -2.32. The average Bonchev–Trinajstić information content (AvgIpc) is 2.98. The van der Waals surface area contributed by atoms with Gasteiger partial charge in [-0.05, 0) is 63.0 Å². The zero-order valence-electron chi connectivity index (χ0n) is 18.5. The molecular formula is C25H24BNO5. The van der Waals surface area contributed by atoms with Crippen LogP contribution >= 0.6 is 0 Å². The summed E-state index contributed by atoms with van der Waals surface area (Å²) in [6, 6.07) is 18.1. The van der Waals surface area contributed by atoms with E-state index in [0.717, 1.165) is 11.0 Å². The van der Waals surface area contributed by atoms with E-state index in [1.807, 2.05) is 70.2 Å². The summed E-state index contributed by atoms with van der Waals surface area (Å²) in [6.45, 7) is 8.53. The highest BCUT2D eigenvalue weighted by Crippen LogP contribution is 2.36. The van der Waals surface area contributed by atoms with E-state index in [9.17, 15) is 4.79 Å². The van der Waals surface area contributed by atoms with Crippen LogP contribution in [0.5, 0.6) is 5.75 Å². The first-order valence-corrected chi connectivity index (χ1v) is 10.6. The molecular weight excluding hydrogens is 405 g/mol. The molecule has 32 heavy (non-hydrogen) atoms. The molecule has 2 aromatic carbocycles. The third-order valence-electron chi connectivity index (χ3n) is 6.24. The Morgan fingerprint density at radius 1 is 0.938 bits per heavy atom. The predicted octanol–water partition coefficient (Wildman–Crippen LogP) is 4.17. The van der Waals surface area contributed by atoms with E-state index >= 15 is 0 Å². The normalized spacial score (nSPS) is 17.2. The Morgan fingerprint density at radius 3 is 2.38 bits per heavy atom. The van der Waals surface area contributed by atoms with Crippen molar-refractivity contribution in [2.75, 3.05) is 0 Å². The highest BCUT2D eigenvalue weighted by atomic mass is 16.7. The number of para-hydroxylation sites is 1. The molecule has 0 atom stereocenters. The molecule has 2 aromatic rings. The Labute approximate surface area is 186 Å². The molecule has 1 fully saturated rings. The monoisotopic (exact) mass is 429 g/mol. The number of hydrogen-bond acceptors (Lipinski definition) is 6. The highest BCUT2D eigenvalue weighted by molar-refractivity contribution is 6.62. The lowest BCUT2D eigenvalue weighted by Crippen LogP contribution is -2.41. The number of nitrogens with zero attached hydrogens (tertiary/aromatic N) is 1. The van der Waals surface area contributed by atoms with Gasteiger partial charge in [-0.25, -0.2) is 4.98 Å². The number of ether oxygens (including phenoxy) is 1. The molecule has 5 rings (SSSR count). The van der Waals surface area contributed by atoms with E-state index < -0.39 is 7.12 Å². The van der Waals surface area contributed by atoms with Gasteiger partial charge in [-0.15, -0.1) is 0 Å². The van der Waals surface area contributed by atoms with Gasteiger partial charge in [-0.1, -0.05) is 30.3 Å². The van der Waals surface area contributed by atoms with Gasteiger partial charge >= 0.3 is 7.12 Å². The quantitative estimate of drug-likeness (QED) is 0.358. The van der Waals surface area contributed by atoms with Gasteiger partial charge in [0.1, 0.15) is 17.8 Å². The molecule has 162 valence electrons. The fraction of sp³-hybridized carbons (Fsp3) is 0.280. The summed E-state index contributed by atoms with van der Waals surface area (Å²) in [5.74, 6) is 1.01. The summed E-state index contributed by atoms with van der Waals surface area (Å²) in [5.41, 5.74) is 2.92. The number of aromatic nitrogens is 1. The zero-order valence-corrected chi connectivity index (χ0v) is 18.5. The highest BCUT2D eigenvalue weighted by Gasteiger charge is 2.51. The van der Waals surface area contributed by atoms with Crippen LogP contribution in [-0.2, 0) is 15.9 Å². The molecule has 0 amide bonds. The molecule has 0 bridgehead atoms. The van der Waals surface area contributed by atoms with Gasteiger partial charge in [0.25, 0.3) is 0 Å². The maximum Gasteiger partial charge on any atom is 0.494 e. The number of fused-ring (bicyclic) bond motifs is 2. The van der Waals surface area contributed by atoms with Gasteiger partial charge in [-0.3, -0.25) is 4.79 Å². The summed E-state index contributed by atoms with van der Waals surface area (Å²) < 4.78 is 24.2. The SMILES string of the molecule is CC1(C)OB(c2ccc(COc3cccc4nc5ccc(=O)cc-5oc34)cc2)OC1(C)C. The van der Waals surface area contributed by atoms with Gasteiger partial charge in [-0.2, -0.15) is 0 Å². The predicted molar refractivity (Wildman–Crippen MR) is 123 cm³/mol. The minimum Gasteiger partial charge on any atom is -0.485 e. The molecule has 0 aromatic heterocycles. The van der Waals surface area contributed by atoms with Crippen LogP contribution in [0.2, 0.25) is 0 Å². The molecule has 0 radical (unpaired) electrons. The minimum atomic E-state index is -0.392.